The molecule has 28 heavy (non-hydrogen) atoms. The molecule has 5 heteroatoms. The number of carbonyl (C=O) groups excluding carboxylic acids is 1. The highest BCUT2D eigenvalue weighted by Gasteiger charge is 2.25. The molecule has 0 saturated carbocycles. The Labute approximate surface area is 170 Å². The summed E-state index contributed by atoms with van der Waals surface area (Å²) < 4.78 is 0. The first kappa shape index (κ1) is 20.7. The van der Waals surface area contributed by atoms with Crippen molar-refractivity contribution < 1.29 is 4.79 Å². The minimum atomic E-state index is 0.330. The minimum absolute atomic E-state index is 0.330. The van der Waals surface area contributed by atoms with E-state index >= 15 is 0 Å². The third kappa shape index (κ3) is 6.25. The van der Waals surface area contributed by atoms with Crippen LogP contribution in [0.25, 0.3) is 0 Å². The van der Waals surface area contributed by atoms with Crippen LogP contribution in [0.4, 0.5) is 0 Å². The zero-order chi connectivity index (χ0) is 19.6. The summed E-state index contributed by atoms with van der Waals surface area (Å²) in [5, 5.41) is 3.46. The van der Waals surface area contributed by atoms with Crippen LogP contribution >= 0.6 is 0 Å². The third-order valence-corrected chi connectivity index (χ3v) is 5.81. The van der Waals surface area contributed by atoms with E-state index in [0.717, 1.165) is 77.3 Å². The Morgan fingerprint density at radius 1 is 1.18 bits per heavy atom. The van der Waals surface area contributed by atoms with E-state index in [9.17, 15) is 4.79 Å². The topological polar surface area (TPSA) is 47.9 Å². The quantitative estimate of drug-likeness (QED) is 0.446. The van der Waals surface area contributed by atoms with Crippen LogP contribution in [0.3, 0.4) is 0 Å². The molecule has 1 amide bonds. The Balaban J connectivity index is 1.46. The van der Waals surface area contributed by atoms with Gasteiger partial charge in [-0.1, -0.05) is 36.8 Å². The van der Waals surface area contributed by atoms with E-state index in [2.05, 4.69) is 47.5 Å². The number of likely N-dealkylation sites (tertiary alicyclic amines) is 2. The van der Waals surface area contributed by atoms with Gasteiger partial charge in [0.2, 0.25) is 5.91 Å². The van der Waals surface area contributed by atoms with E-state index in [0.29, 0.717) is 11.8 Å². The molecule has 3 rings (SSSR count). The highest BCUT2D eigenvalue weighted by molar-refractivity contribution is 5.80. The minimum Gasteiger partial charge on any atom is -0.357 e. The first-order chi connectivity index (χ1) is 13.8. The van der Waals surface area contributed by atoms with Gasteiger partial charge in [0.1, 0.15) is 0 Å². The van der Waals surface area contributed by atoms with Crippen LogP contribution in [0.1, 0.15) is 51.0 Å². The summed E-state index contributed by atoms with van der Waals surface area (Å²) >= 11 is 0. The molecule has 1 atom stereocenters. The van der Waals surface area contributed by atoms with Gasteiger partial charge in [-0.25, -0.2) is 0 Å². The summed E-state index contributed by atoms with van der Waals surface area (Å²) in [5.41, 5.74) is 1.43. The van der Waals surface area contributed by atoms with Gasteiger partial charge in [0, 0.05) is 45.7 Å². The molecular formula is C23H36N4O. The summed E-state index contributed by atoms with van der Waals surface area (Å²) in [5.74, 6) is 2.07. The number of benzene rings is 1. The van der Waals surface area contributed by atoms with Crippen molar-refractivity contribution >= 4 is 11.9 Å². The van der Waals surface area contributed by atoms with Gasteiger partial charge in [0.05, 0.1) is 0 Å². The molecule has 0 aromatic heterocycles. The van der Waals surface area contributed by atoms with Crippen LogP contribution in [-0.2, 0) is 11.2 Å². The summed E-state index contributed by atoms with van der Waals surface area (Å²) in [6.45, 7) is 7.73. The molecule has 5 nitrogen and oxygen atoms in total. The van der Waals surface area contributed by atoms with E-state index in [1.165, 1.54) is 18.4 Å². The van der Waals surface area contributed by atoms with Crippen molar-refractivity contribution in [1.82, 2.24) is 15.1 Å². The van der Waals surface area contributed by atoms with Gasteiger partial charge >= 0.3 is 0 Å². The van der Waals surface area contributed by atoms with Gasteiger partial charge in [-0.15, -0.1) is 0 Å². The molecule has 1 unspecified atom stereocenters. The largest absolute Gasteiger partial charge is 0.357 e. The van der Waals surface area contributed by atoms with Gasteiger partial charge in [-0.2, -0.15) is 0 Å². The van der Waals surface area contributed by atoms with Gasteiger partial charge in [0.15, 0.2) is 5.96 Å². The summed E-state index contributed by atoms with van der Waals surface area (Å²) in [7, 11) is 0. The number of carbonyl (C=O) groups is 1. The van der Waals surface area contributed by atoms with Crippen molar-refractivity contribution in [2.24, 2.45) is 10.9 Å². The lowest BCUT2D eigenvalue weighted by molar-refractivity contribution is -0.130. The average molecular weight is 385 g/mol. The second kappa shape index (κ2) is 11.1. The van der Waals surface area contributed by atoms with Crippen LogP contribution in [0.5, 0.6) is 0 Å². The molecule has 154 valence electrons. The van der Waals surface area contributed by atoms with E-state index < -0.39 is 0 Å². The summed E-state index contributed by atoms with van der Waals surface area (Å²) in [6.07, 6.45) is 7.43. The molecule has 1 N–H and O–H groups in total. The fourth-order valence-corrected chi connectivity index (χ4v) is 4.29. The van der Waals surface area contributed by atoms with Gasteiger partial charge in [-0.05, 0) is 50.5 Å². The summed E-state index contributed by atoms with van der Waals surface area (Å²) in [4.78, 5) is 21.4. The number of nitrogens with zero attached hydrogens (tertiary/aromatic N) is 3. The molecule has 1 aromatic carbocycles. The first-order valence-electron chi connectivity index (χ1n) is 11.1. The van der Waals surface area contributed by atoms with Crippen LogP contribution < -0.4 is 5.32 Å². The number of amides is 1. The van der Waals surface area contributed by atoms with Gasteiger partial charge in [0.25, 0.3) is 0 Å². The summed E-state index contributed by atoms with van der Waals surface area (Å²) in [6, 6.07) is 10.8. The maximum atomic E-state index is 12.1. The van der Waals surface area contributed by atoms with E-state index in [4.69, 9.17) is 4.99 Å². The van der Waals surface area contributed by atoms with Crippen LogP contribution in [0, 0.1) is 5.92 Å². The standard InChI is InChI=1S/C23H36N4O/c1-2-24-23(25-14-9-16-26-15-8-4-7-12-22(26)28)27-17-13-21(19-27)18-20-10-5-3-6-11-20/h3,5-6,10-11,21H,2,4,7-9,12-19H2,1H3,(H,24,25). The average Bonchev–Trinajstić information content (AvgIpc) is 3.07. The predicted molar refractivity (Wildman–Crippen MR) is 115 cm³/mol. The van der Waals surface area contributed by atoms with Crippen molar-refractivity contribution in [2.45, 2.75) is 51.9 Å². The molecule has 0 bridgehead atoms. The van der Waals surface area contributed by atoms with E-state index in [1.54, 1.807) is 0 Å². The van der Waals surface area contributed by atoms with Crippen molar-refractivity contribution in [2.75, 3.05) is 39.3 Å². The van der Waals surface area contributed by atoms with Crippen molar-refractivity contribution in [1.29, 1.82) is 0 Å². The lowest BCUT2D eigenvalue weighted by atomic mass is 9.99. The highest BCUT2D eigenvalue weighted by Crippen LogP contribution is 2.21. The molecule has 2 saturated heterocycles. The molecule has 2 aliphatic heterocycles. The number of hydrogen-bond donors (Lipinski definition) is 1. The molecule has 2 heterocycles. The first-order valence-corrected chi connectivity index (χ1v) is 11.1. The van der Waals surface area contributed by atoms with E-state index in [-0.39, 0.29) is 0 Å². The van der Waals surface area contributed by atoms with Crippen molar-refractivity contribution in [3.8, 4) is 0 Å². The number of guanidine groups is 1. The Morgan fingerprint density at radius 3 is 2.86 bits per heavy atom. The molecule has 0 spiro atoms. The molecule has 1 aromatic rings. The lowest BCUT2D eigenvalue weighted by Gasteiger charge is -2.22. The number of hydrogen-bond acceptors (Lipinski definition) is 2. The SMILES string of the molecule is CCNC(=NCCCN1CCCCCC1=O)N1CCC(Cc2ccccc2)C1. The maximum absolute atomic E-state index is 12.1. The van der Waals surface area contributed by atoms with Crippen molar-refractivity contribution in [3.05, 3.63) is 35.9 Å². The van der Waals surface area contributed by atoms with E-state index in [1.807, 2.05) is 4.90 Å². The highest BCUT2D eigenvalue weighted by atomic mass is 16.2. The normalized spacial score (nSPS) is 21.1. The number of nitrogens with one attached hydrogen (secondary N) is 1. The Bertz CT molecular complexity index is 631. The van der Waals surface area contributed by atoms with Gasteiger partial charge < -0.3 is 15.1 Å². The molecule has 0 aliphatic carbocycles. The second-order valence-electron chi connectivity index (χ2n) is 8.07. The predicted octanol–water partition coefficient (Wildman–Crippen LogP) is 3.31. The monoisotopic (exact) mass is 384 g/mol. The Morgan fingerprint density at radius 2 is 2.04 bits per heavy atom. The lowest BCUT2D eigenvalue weighted by Crippen LogP contribution is -2.40. The third-order valence-electron chi connectivity index (χ3n) is 5.81. The molecular weight excluding hydrogens is 348 g/mol. The van der Waals surface area contributed by atoms with Gasteiger partial charge in [-0.3, -0.25) is 9.79 Å². The molecule has 2 fully saturated rings. The second-order valence-corrected chi connectivity index (χ2v) is 8.07. The maximum Gasteiger partial charge on any atom is 0.222 e. The Kier molecular flexibility index (Phi) is 8.19. The number of aliphatic imine (C=N–C) groups is 1. The molecule has 2 aliphatic rings. The zero-order valence-corrected chi connectivity index (χ0v) is 17.4. The zero-order valence-electron chi connectivity index (χ0n) is 17.4. The fraction of sp³-hybridized carbons (Fsp3) is 0.652. The van der Waals surface area contributed by atoms with Crippen LogP contribution in [0.15, 0.2) is 35.3 Å². The van der Waals surface area contributed by atoms with Crippen LogP contribution in [0.2, 0.25) is 0 Å². The smallest absolute Gasteiger partial charge is 0.222 e. The number of rotatable bonds is 7. The fourth-order valence-electron chi connectivity index (χ4n) is 4.29. The Hall–Kier alpha value is -2.04. The molecule has 0 radical (unpaired) electrons. The van der Waals surface area contributed by atoms with Crippen LogP contribution in [-0.4, -0.2) is 60.9 Å². The van der Waals surface area contributed by atoms with Crippen molar-refractivity contribution in [3.63, 3.8) is 0 Å².